The van der Waals surface area contributed by atoms with E-state index in [9.17, 15) is 14.9 Å². The van der Waals surface area contributed by atoms with Crippen molar-refractivity contribution in [2.45, 2.75) is 16.5 Å². The molecule has 2 rings (SSSR count). The molecule has 1 amide bonds. The van der Waals surface area contributed by atoms with Crippen LogP contribution in [0.3, 0.4) is 0 Å². The van der Waals surface area contributed by atoms with E-state index in [1.807, 2.05) is 5.38 Å². The molecule has 0 spiro atoms. The highest BCUT2D eigenvalue weighted by Crippen LogP contribution is 2.28. The van der Waals surface area contributed by atoms with Gasteiger partial charge in [0.15, 0.2) is 4.34 Å². The van der Waals surface area contributed by atoms with Crippen LogP contribution in [0.2, 0.25) is 0 Å². The number of nitrogens with one attached hydrogen (secondary N) is 1. The fraction of sp³-hybridized carbons (Fsp3) is 0.167. The Balaban J connectivity index is 2.06. The standard InChI is InChI=1S/C12H11N3O3S2/c1-8(20-12-13-6-7-19-12)11(16)14-9-4-2-3-5-10(9)15(17)18/h2-8H,1H3,(H,14,16)/t8-/m1/s1. The van der Waals surface area contributed by atoms with E-state index in [1.165, 1.54) is 35.2 Å². The van der Waals surface area contributed by atoms with Crippen LogP contribution in [0.1, 0.15) is 6.92 Å². The van der Waals surface area contributed by atoms with Crippen LogP contribution in [0.15, 0.2) is 40.2 Å². The Kier molecular flexibility index (Phi) is 4.70. The van der Waals surface area contributed by atoms with Gasteiger partial charge in [0.05, 0.1) is 10.2 Å². The summed E-state index contributed by atoms with van der Waals surface area (Å²) in [6.07, 6.45) is 1.67. The number of rotatable bonds is 5. The van der Waals surface area contributed by atoms with Crippen molar-refractivity contribution in [2.75, 3.05) is 5.32 Å². The van der Waals surface area contributed by atoms with Crippen molar-refractivity contribution in [1.29, 1.82) is 0 Å². The first kappa shape index (κ1) is 14.5. The molecular weight excluding hydrogens is 298 g/mol. The summed E-state index contributed by atoms with van der Waals surface area (Å²) in [5.41, 5.74) is 0.0846. The quantitative estimate of drug-likeness (QED) is 0.521. The number of carbonyl (C=O) groups is 1. The summed E-state index contributed by atoms with van der Waals surface area (Å²) in [7, 11) is 0. The molecular formula is C12H11N3O3S2. The van der Waals surface area contributed by atoms with Crippen LogP contribution in [-0.4, -0.2) is 21.1 Å². The molecule has 0 saturated carbocycles. The zero-order chi connectivity index (χ0) is 14.5. The van der Waals surface area contributed by atoms with Crippen molar-refractivity contribution < 1.29 is 9.72 Å². The molecule has 20 heavy (non-hydrogen) atoms. The van der Waals surface area contributed by atoms with Crippen LogP contribution >= 0.6 is 23.1 Å². The fourth-order valence-corrected chi connectivity index (χ4v) is 3.22. The van der Waals surface area contributed by atoms with Crippen molar-refractivity contribution in [3.63, 3.8) is 0 Å². The van der Waals surface area contributed by atoms with Gasteiger partial charge in [-0.05, 0) is 13.0 Å². The van der Waals surface area contributed by atoms with Gasteiger partial charge in [0, 0.05) is 17.6 Å². The molecule has 0 unspecified atom stereocenters. The van der Waals surface area contributed by atoms with E-state index in [0.29, 0.717) is 0 Å². The zero-order valence-electron chi connectivity index (χ0n) is 10.5. The van der Waals surface area contributed by atoms with Gasteiger partial charge in [-0.25, -0.2) is 4.98 Å². The highest BCUT2D eigenvalue weighted by atomic mass is 32.2. The topological polar surface area (TPSA) is 85.1 Å². The molecule has 0 fully saturated rings. The van der Waals surface area contributed by atoms with Crippen LogP contribution in [0.4, 0.5) is 11.4 Å². The van der Waals surface area contributed by atoms with Gasteiger partial charge in [-0.2, -0.15) is 0 Å². The molecule has 1 N–H and O–H groups in total. The van der Waals surface area contributed by atoms with Gasteiger partial charge in [-0.15, -0.1) is 11.3 Å². The number of carbonyl (C=O) groups excluding carboxylic acids is 1. The van der Waals surface area contributed by atoms with Crippen LogP contribution < -0.4 is 5.32 Å². The molecule has 104 valence electrons. The number of nitrogens with zero attached hydrogens (tertiary/aromatic N) is 2. The lowest BCUT2D eigenvalue weighted by Crippen LogP contribution is -2.22. The van der Waals surface area contributed by atoms with Crippen LogP contribution in [0.5, 0.6) is 0 Å². The molecule has 0 aliphatic rings. The van der Waals surface area contributed by atoms with Gasteiger partial charge in [0.25, 0.3) is 5.69 Å². The Labute approximate surface area is 123 Å². The van der Waals surface area contributed by atoms with Crippen molar-refractivity contribution >= 4 is 40.4 Å². The van der Waals surface area contributed by atoms with Gasteiger partial charge < -0.3 is 5.32 Å². The predicted octanol–water partition coefficient (Wildman–Crippen LogP) is 3.17. The second-order valence-corrected chi connectivity index (χ2v) is 6.30. The Morgan fingerprint density at radius 1 is 1.50 bits per heavy atom. The molecule has 0 aliphatic heterocycles. The van der Waals surface area contributed by atoms with Crippen molar-refractivity contribution in [1.82, 2.24) is 4.98 Å². The van der Waals surface area contributed by atoms with Gasteiger partial charge >= 0.3 is 0 Å². The van der Waals surface area contributed by atoms with Crippen molar-refractivity contribution in [2.24, 2.45) is 0 Å². The number of nitro benzene ring substituents is 1. The molecule has 1 aromatic carbocycles. The second kappa shape index (κ2) is 6.49. The lowest BCUT2D eigenvalue weighted by Gasteiger charge is -2.10. The van der Waals surface area contributed by atoms with E-state index in [0.717, 1.165) is 4.34 Å². The molecule has 1 aromatic heterocycles. The molecule has 6 nitrogen and oxygen atoms in total. The van der Waals surface area contributed by atoms with Crippen LogP contribution in [-0.2, 0) is 4.79 Å². The van der Waals surface area contributed by atoms with Gasteiger partial charge in [0.2, 0.25) is 5.91 Å². The molecule has 0 bridgehead atoms. The second-order valence-electron chi connectivity index (χ2n) is 3.82. The monoisotopic (exact) mass is 309 g/mol. The first-order valence-electron chi connectivity index (χ1n) is 5.68. The number of aromatic nitrogens is 1. The Hall–Kier alpha value is -1.93. The van der Waals surface area contributed by atoms with E-state index >= 15 is 0 Å². The molecule has 0 aliphatic carbocycles. The summed E-state index contributed by atoms with van der Waals surface area (Å²) >= 11 is 2.76. The van der Waals surface area contributed by atoms with Gasteiger partial charge in [-0.1, -0.05) is 23.9 Å². The Bertz CT molecular complexity index is 616. The minimum absolute atomic E-state index is 0.118. The third-order valence-corrected chi connectivity index (χ3v) is 4.43. The molecule has 2 aromatic rings. The van der Waals surface area contributed by atoms with E-state index in [4.69, 9.17) is 0 Å². The summed E-state index contributed by atoms with van der Waals surface area (Å²) in [6.45, 7) is 1.73. The highest BCUT2D eigenvalue weighted by molar-refractivity contribution is 8.02. The number of anilines is 1. The first-order valence-corrected chi connectivity index (χ1v) is 7.44. The molecule has 1 atom stereocenters. The Morgan fingerprint density at radius 2 is 2.25 bits per heavy atom. The normalized spacial score (nSPS) is 11.8. The van der Waals surface area contributed by atoms with Gasteiger partial charge in [-0.3, -0.25) is 14.9 Å². The number of nitro groups is 1. The lowest BCUT2D eigenvalue weighted by atomic mass is 10.2. The number of amides is 1. The van der Waals surface area contributed by atoms with E-state index in [-0.39, 0.29) is 22.5 Å². The minimum Gasteiger partial charge on any atom is -0.319 e. The molecule has 0 saturated heterocycles. The summed E-state index contributed by atoms with van der Waals surface area (Å²) in [5, 5.41) is 14.9. The SMILES string of the molecule is C[C@@H](Sc1nccs1)C(=O)Nc1ccccc1[N+](=O)[O-]. The maximum absolute atomic E-state index is 12.0. The average Bonchev–Trinajstić information content (AvgIpc) is 2.91. The maximum Gasteiger partial charge on any atom is 0.292 e. The maximum atomic E-state index is 12.0. The third kappa shape index (κ3) is 3.55. The summed E-state index contributed by atoms with van der Waals surface area (Å²) < 4.78 is 0.787. The number of hydrogen-bond acceptors (Lipinski definition) is 6. The zero-order valence-corrected chi connectivity index (χ0v) is 12.1. The molecule has 0 radical (unpaired) electrons. The predicted molar refractivity (Wildman–Crippen MR) is 79.2 cm³/mol. The fourth-order valence-electron chi connectivity index (χ4n) is 1.45. The van der Waals surface area contributed by atoms with Crippen LogP contribution in [0.25, 0.3) is 0 Å². The smallest absolute Gasteiger partial charge is 0.292 e. The number of thiazole rings is 1. The first-order chi connectivity index (χ1) is 9.58. The lowest BCUT2D eigenvalue weighted by molar-refractivity contribution is -0.383. The summed E-state index contributed by atoms with van der Waals surface area (Å²) in [6, 6.07) is 6.06. The van der Waals surface area contributed by atoms with Crippen molar-refractivity contribution in [3.05, 3.63) is 46.0 Å². The number of benzene rings is 1. The van der Waals surface area contributed by atoms with Gasteiger partial charge in [0.1, 0.15) is 5.69 Å². The third-order valence-electron chi connectivity index (χ3n) is 2.42. The number of hydrogen-bond donors (Lipinski definition) is 1. The minimum atomic E-state index is -0.520. The average molecular weight is 309 g/mol. The van der Waals surface area contributed by atoms with E-state index in [2.05, 4.69) is 10.3 Å². The van der Waals surface area contributed by atoms with E-state index < -0.39 is 4.92 Å². The summed E-state index contributed by atoms with van der Waals surface area (Å²) in [4.78, 5) is 26.5. The molecule has 1 heterocycles. The van der Waals surface area contributed by atoms with Crippen molar-refractivity contribution in [3.8, 4) is 0 Å². The summed E-state index contributed by atoms with van der Waals surface area (Å²) in [5.74, 6) is -0.292. The van der Waals surface area contributed by atoms with E-state index in [1.54, 1.807) is 25.3 Å². The largest absolute Gasteiger partial charge is 0.319 e. The molecule has 8 heteroatoms. The number of thioether (sulfide) groups is 1. The number of para-hydroxylation sites is 2. The van der Waals surface area contributed by atoms with Crippen LogP contribution in [0, 0.1) is 10.1 Å². The Morgan fingerprint density at radius 3 is 2.90 bits per heavy atom. The highest BCUT2D eigenvalue weighted by Gasteiger charge is 2.20.